The monoisotopic (exact) mass is 434 g/mol. The van der Waals surface area contributed by atoms with Crippen molar-refractivity contribution in [1.82, 2.24) is 0 Å². The zero-order chi connectivity index (χ0) is 21.1. The molecule has 0 radical (unpaired) electrons. The molecule has 1 heterocycles. The van der Waals surface area contributed by atoms with Crippen LogP contribution in [0.5, 0.6) is 0 Å². The number of hydrogen-bond acceptors (Lipinski definition) is 4. The lowest BCUT2D eigenvalue weighted by molar-refractivity contribution is -0.151. The summed E-state index contributed by atoms with van der Waals surface area (Å²) in [5.74, 6) is -1.83. The van der Waals surface area contributed by atoms with E-state index in [1.165, 1.54) is 6.07 Å². The van der Waals surface area contributed by atoms with Crippen LogP contribution in [0, 0.1) is 19.8 Å². The van der Waals surface area contributed by atoms with Crippen molar-refractivity contribution in [2.24, 2.45) is 5.92 Å². The number of aryl methyl sites for hydroxylation is 2. The maximum atomic E-state index is 12.4. The Morgan fingerprint density at radius 2 is 1.83 bits per heavy atom. The van der Waals surface area contributed by atoms with Crippen molar-refractivity contribution in [2.45, 2.75) is 20.3 Å². The molecule has 0 spiro atoms. The number of halogens is 2. The third kappa shape index (κ3) is 4.89. The molecule has 1 aliphatic rings. The molecule has 0 bridgehead atoms. The summed E-state index contributed by atoms with van der Waals surface area (Å²) in [6, 6.07) is 10.4. The predicted octanol–water partition coefficient (Wildman–Crippen LogP) is 4.15. The van der Waals surface area contributed by atoms with E-state index in [-0.39, 0.29) is 18.9 Å². The summed E-state index contributed by atoms with van der Waals surface area (Å²) in [6.07, 6.45) is 0.0566. The third-order valence-electron chi connectivity index (χ3n) is 4.72. The van der Waals surface area contributed by atoms with Crippen LogP contribution in [0.1, 0.15) is 17.5 Å². The maximum absolute atomic E-state index is 12.4. The summed E-state index contributed by atoms with van der Waals surface area (Å²) in [4.78, 5) is 38.5. The highest BCUT2D eigenvalue weighted by Crippen LogP contribution is 2.31. The van der Waals surface area contributed by atoms with E-state index in [0.717, 1.165) is 16.8 Å². The predicted molar refractivity (Wildman–Crippen MR) is 112 cm³/mol. The van der Waals surface area contributed by atoms with Crippen molar-refractivity contribution in [3.63, 3.8) is 0 Å². The molecule has 8 heteroatoms. The fourth-order valence-electron chi connectivity index (χ4n) is 3.34. The van der Waals surface area contributed by atoms with Crippen molar-refractivity contribution in [3.8, 4) is 0 Å². The number of nitrogens with one attached hydrogen (secondary N) is 1. The van der Waals surface area contributed by atoms with Gasteiger partial charge in [0.05, 0.1) is 16.0 Å². The van der Waals surface area contributed by atoms with E-state index in [4.69, 9.17) is 27.9 Å². The summed E-state index contributed by atoms with van der Waals surface area (Å²) >= 11 is 11.7. The summed E-state index contributed by atoms with van der Waals surface area (Å²) in [5, 5.41) is 3.25. The van der Waals surface area contributed by atoms with Gasteiger partial charge < -0.3 is 15.0 Å². The van der Waals surface area contributed by atoms with Gasteiger partial charge in [-0.3, -0.25) is 14.4 Å². The first-order valence-corrected chi connectivity index (χ1v) is 9.80. The number of anilines is 2. The van der Waals surface area contributed by atoms with Crippen LogP contribution in [-0.2, 0) is 19.1 Å². The van der Waals surface area contributed by atoms with Gasteiger partial charge in [0, 0.05) is 24.3 Å². The average Bonchev–Trinajstić information content (AvgIpc) is 3.04. The maximum Gasteiger partial charge on any atom is 0.311 e. The number of nitrogens with zero attached hydrogens (tertiary/aromatic N) is 1. The standard InChI is InChI=1S/C21H20Cl2N2O4/c1-12-4-3-5-13(2)20(12)25-10-14(8-19(25)27)21(28)29-11-18(26)24-15-6-7-16(22)17(23)9-15/h3-7,9,14H,8,10-11H2,1-2H3,(H,24,26)/t14-/m0/s1. The number of carbonyl (C=O) groups excluding carboxylic acids is 3. The second kappa shape index (κ2) is 8.84. The Bertz CT molecular complexity index is 957. The lowest BCUT2D eigenvalue weighted by atomic mass is 10.1. The number of amides is 2. The van der Waals surface area contributed by atoms with E-state index in [0.29, 0.717) is 15.7 Å². The molecule has 152 valence electrons. The Labute approximate surface area is 178 Å². The minimum Gasteiger partial charge on any atom is -0.455 e. The highest BCUT2D eigenvalue weighted by Gasteiger charge is 2.37. The highest BCUT2D eigenvalue weighted by atomic mass is 35.5. The lowest BCUT2D eigenvalue weighted by Gasteiger charge is -2.21. The topological polar surface area (TPSA) is 75.7 Å². The first-order valence-electron chi connectivity index (χ1n) is 9.04. The molecule has 0 aliphatic carbocycles. The fraction of sp³-hybridized carbons (Fsp3) is 0.286. The second-order valence-electron chi connectivity index (χ2n) is 6.93. The number of benzene rings is 2. The highest BCUT2D eigenvalue weighted by molar-refractivity contribution is 6.42. The normalized spacial score (nSPS) is 16.1. The summed E-state index contributed by atoms with van der Waals surface area (Å²) in [5.41, 5.74) is 3.20. The molecule has 1 N–H and O–H groups in total. The van der Waals surface area contributed by atoms with Crippen molar-refractivity contribution in [2.75, 3.05) is 23.4 Å². The molecule has 6 nitrogen and oxygen atoms in total. The van der Waals surface area contributed by atoms with Gasteiger partial charge in [0.25, 0.3) is 5.91 Å². The molecule has 2 aromatic rings. The van der Waals surface area contributed by atoms with E-state index in [1.807, 2.05) is 32.0 Å². The number of esters is 1. The van der Waals surface area contributed by atoms with Gasteiger partial charge in [0.1, 0.15) is 0 Å². The van der Waals surface area contributed by atoms with Crippen molar-refractivity contribution < 1.29 is 19.1 Å². The van der Waals surface area contributed by atoms with Crippen molar-refractivity contribution >= 4 is 52.4 Å². The smallest absolute Gasteiger partial charge is 0.311 e. The third-order valence-corrected chi connectivity index (χ3v) is 5.46. The van der Waals surface area contributed by atoms with E-state index in [2.05, 4.69) is 5.32 Å². The Morgan fingerprint density at radius 3 is 2.48 bits per heavy atom. The molecular weight excluding hydrogens is 415 g/mol. The minimum atomic E-state index is -0.612. The zero-order valence-electron chi connectivity index (χ0n) is 16.0. The van der Waals surface area contributed by atoms with Gasteiger partial charge in [-0.05, 0) is 43.2 Å². The molecule has 1 saturated heterocycles. The van der Waals surface area contributed by atoms with Gasteiger partial charge in [0.2, 0.25) is 5.91 Å². The number of rotatable bonds is 5. The summed E-state index contributed by atoms with van der Waals surface area (Å²) < 4.78 is 5.12. The molecular formula is C21H20Cl2N2O4. The van der Waals surface area contributed by atoms with Crippen LogP contribution in [0.2, 0.25) is 10.0 Å². The molecule has 3 rings (SSSR count). The van der Waals surface area contributed by atoms with Crippen LogP contribution in [0.3, 0.4) is 0 Å². The number of para-hydroxylation sites is 1. The van der Waals surface area contributed by atoms with E-state index >= 15 is 0 Å². The lowest BCUT2D eigenvalue weighted by Crippen LogP contribution is -2.29. The SMILES string of the molecule is Cc1cccc(C)c1N1C[C@@H](C(=O)OCC(=O)Nc2ccc(Cl)c(Cl)c2)CC1=O. The second-order valence-corrected chi connectivity index (χ2v) is 7.74. The van der Waals surface area contributed by atoms with Gasteiger partial charge in [-0.15, -0.1) is 0 Å². The first-order chi connectivity index (χ1) is 13.8. The Kier molecular flexibility index (Phi) is 6.45. The van der Waals surface area contributed by atoms with Gasteiger partial charge >= 0.3 is 5.97 Å². The van der Waals surface area contributed by atoms with E-state index < -0.39 is 24.4 Å². The van der Waals surface area contributed by atoms with Gasteiger partial charge in [-0.1, -0.05) is 41.4 Å². The van der Waals surface area contributed by atoms with Crippen LogP contribution in [0.4, 0.5) is 11.4 Å². The van der Waals surface area contributed by atoms with Gasteiger partial charge in [-0.25, -0.2) is 0 Å². The number of ether oxygens (including phenoxy) is 1. The summed E-state index contributed by atoms with van der Waals surface area (Å²) in [6.45, 7) is 3.63. The largest absolute Gasteiger partial charge is 0.455 e. The first kappa shape index (κ1) is 21.1. The van der Waals surface area contributed by atoms with Crippen molar-refractivity contribution in [1.29, 1.82) is 0 Å². The number of carbonyl (C=O) groups is 3. The van der Waals surface area contributed by atoms with Crippen molar-refractivity contribution in [3.05, 3.63) is 57.6 Å². The van der Waals surface area contributed by atoms with Gasteiger partial charge in [0.15, 0.2) is 6.61 Å². The van der Waals surface area contributed by atoms with E-state index in [9.17, 15) is 14.4 Å². The Hall–Kier alpha value is -2.57. The molecule has 2 aromatic carbocycles. The van der Waals surface area contributed by atoms with Crippen LogP contribution < -0.4 is 10.2 Å². The average molecular weight is 435 g/mol. The summed E-state index contributed by atoms with van der Waals surface area (Å²) in [7, 11) is 0. The number of hydrogen-bond donors (Lipinski definition) is 1. The Balaban J connectivity index is 1.56. The molecule has 1 fully saturated rings. The molecule has 1 atom stereocenters. The molecule has 0 saturated carbocycles. The minimum absolute atomic E-state index is 0.0566. The molecule has 0 aromatic heterocycles. The van der Waals surface area contributed by atoms with Crippen LogP contribution >= 0.6 is 23.2 Å². The molecule has 0 unspecified atom stereocenters. The zero-order valence-corrected chi connectivity index (χ0v) is 17.5. The van der Waals surface area contributed by atoms with Crippen LogP contribution in [-0.4, -0.2) is 30.9 Å². The van der Waals surface area contributed by atoms with Gasteiger partial charge in [-0.2, -0.15) is 0 Å². The molecule has 1 aliphatic heterocycles. The quantitative estimate of drug-likeness (QED) is 0.717. The molecule has 29 heavy (non-hydrogen) atoms. The van der Waals surface area contributed by atoms with Crippen LogP contribution in [0.25, 0.3) is 0 Å². The fourth-order valence-corrected chi connectivity index (χ4v) is 3.64. The molecule has 2 amide bonds. The Morgan fingerprint density at radius 1 is 1.14 bits per heavy atom. The van der Waals surface area contributed by atoms with E-state index in [1.54, 1.807) is 17.0 Å². The van der Waals surface area contributed by atoms with Crippen LogP contribution in [0.15, 0.2) is 36.4 Å².